The van der Waals surface area contributed by atoms with Crippen molar-refractivity contribution in [2.24, 2.45) is 5.10 Å². The molecule has 0 atom stereocenters. The topological polar surface area (TPSA) is 73.7 Å². The van der Waals surface area contributed by atoms with Gasteiger partial charge in [0.1, 0.15) is 5.75 Å². The van der Waals surface area contributed by atoms with E-state index in [-0.39, 0.29) is 18.2 Å². The number of anilines is 1. The van der Waals surface area contributed by atoms with Gasteiger partial charge in [0.05, 0.1) is 12.8 Å². The van der Waals surface area contributed by atoms with Crippen molar-refractivity contribution < 1.29 is 9.90 Å². The minimum absolute atomic E-state index is 0.0293. The molecule has 0 spiro atoms. The van der Waals surface area contributed by atoms with E-state index in [2.05, 4.69) is 15.8 Å². The zero-order valence-electron chi connectivity index (χ0n) is 11.4. The van der Waals surface area contributed by atoms with Crippen molar-refractivity contribution in [3.63, 3.8) is 0 Å². The minimum Gasteiger partial charge on any atom is -0.507 e. The molecule has 0 heterocycles. The monoisotopic (exact) mass is 337 g/mol. The van der Waals surface area contributed by atoms with Crippen LogP contribution in [0.2, 0.25) is 10.0 Å². The number of hydrazone groups is 1. The maximum Gasteiger partial charge on any atom is 0.259 e. The molecule has 5 nitrogen and oxygen atoms in total. The van der Waals surface area contributed by atoms with Gasteiger partial charge in [0.25, 0.3) is 5.91 Å². The normalized spacial score (nSPS) is 10.6. The van der Waals surface area contributed by atoms with E-state index in [0.717, 1.165) is 5.69 Å². The number of aromatic hydroxyl groups is 1. The smallest absolute Gasteiger partial charge is 0.259 e. The van der Waals surface area contributed by atoms with E-state index in [1.165, 1.54) is 12.3 Å². The zero-order valence-corrected chi connectivity index (χ0v) is 12.9. The summed E-state index contributed by atoms with van der Waals surface area (Å²) in [6.45, 7) is 0.0561. The Bertz CT molecular complexity index is 688. The average molecular weight is 338 g/mol. The first-order chi connectivity index (χ1) is 10.5. The molecule has 22 heavy (non-hydrogen) atoms. The predicted octanol–water partition coefficient (Wildman–Crippen LogP) is 3.26. The second-order valence-corrected chi connectivity index (χ2v) is 5.23. The Hall–Kier alpha value is -2.24. The summed E-state index contributed by atoms with van der Waals surface area (Å²) >= 11 is 11.6. The highest BCUT2D eigenvalue weighted by molar-refractivity contribution is 6.31. The van der Waals surface area contributed by atoms with Gasteiger partial charge in [0.2, 0.25) is 0 Å². The lowest BCUT2D eigenvalue weighted by Crippen LogP contribution is -2.25. The average Bonchev–Trinajstić information content (AvgIpc) is 2.50. The van der Waals surface area contributed by atoms with Crippen LogP contribution in [0.1, 0.15) is 5.56 Å². The summed E-state index contributed by atoms with van der Waals surface area (Å²) in [5, 5.41) is 17.4. The third-order valence-electron chi connectivity index (χ3n) is 2.68. The number of halogens is 2. The standard InChI is InChI=1S/C15H13Cl2N3O2/c16-11-1-4-13(5-2-11)18-9-15(22)20-19-8-10-7-12(17)3-6-14(10)21/h1-8,18,21H,9H2,(H,20,22)/b19-8+. The summed E-state index contributed by atoms with van der Waals surface area (Å²) < 4.78 is 0. The fourth-order valence-electron chi connectivity index (χ4n) is 1.59. The Labute approximate surface area is 137 Å². The number of nitrogens with one attached hydrogen (secondary N) is 2. The fourth-order valence-corrected chi connectivity index (χ4v) is 1.90. The van der Waals surface area contributed by atoms with Crippen molar-refractivity contribution in [2.45, 2.75) is 0 Å². The number of nitrogens with zero attached hydrogens (tertiary/aromatic N) is 1. The number of carbonyl (C=O) groups excluding carboxylic acids is 1. The molecule has 2 aromatic carbocycles. The molecule has 7 heteroatoms. The van der Waals surface area contributed by atoms with E-state index >= 15 is 0 Å². The molecule has 1 amide bonds. The molecule has 0 aliphatic carbocycles. The molecule has 2 rings (SSSR count). The molecule has 2 aromatic rings. The molecule has 3 N–H and O–H groups in total. The van der Waals surface area contributed by atoms with Gasteiger partial charge in [-0.05, 0) is 42.5 Å². The molecule has 114 valence electrons. The molecule has 0 fully saturated rings. The predicted molar refractivity (Wildman–Crippen MR) is 88.8 cm³/mol. The van der Waals surface area contributed by atoms with Gasteiger partial charge in [-0.25, -0.2) is 5.43 Å². The third-order valence-corrected chi connectivity index (χ3v) is 3.17. The summed E-state index contributed by atoms with van der Waals surface area (Å²) in [4.78, 5) is 11.6. The molecule has 0 bridgehead atoms. The molecule has 0 radical (unpaired) electrons. The van der Waals surface area contributed by atoms with Crippen LogP contribution in [0.5, 0.6) is 5.75 Å². The number of hydrogen-bond donors (Lipinski definition) is 3. The quantitative estimate of drug-likeness (QED) is 0.579. The van der Waals surface area contributed by atoms with Gasteiger partial charge in [-0.1, -0.05) is 23.2 Å². The molecule has 0 aliphatic rings. The number of phenolic OH excluding ortho intramolecular Hbond substituents is 1. The van der Waals surface area contributed by atoms with Gasteiger partial charge in [0, 0.05) is 21.3 Å². The minimum atomic E-state index is -0.326. The van der Waals surface area contributed by atoms with E-state index in [0.29, 0.717) is 15.6 Å². The van der Waals surface area contributed by atoms with E-state index in [4.69, 9.17) is 23.2 Å². The van der Waals surface area contributed by atoms with Crippen molar-refractivity contribution in [1.82, 2.24) is 5.43 Å². The summed E-state index contributed by atoms with van der Waals surface area (Å²) in [7, 11) is 0. The van der Waals surface area contributed by atoms with E-state index in [1.54, 1.807) is 36.4 Å². The lowest BCUT2D eigenvalue weighted by molar-refractivity contribution is -0.119. The Morgan fingerprint density at radius 2 is 1.82 bits per heavy atom. The Kier molecular flexibility index (Phi) is 5.63. The van der Waals surface area contributed by atoms with Crippen LogP contribution in [0.3, 0.4) is 0 Å². The Morgan fingerprint density at radius 1 is 1.14 bits per heavy atom. The van der Waals surface area contributed by atoms with Gasteiger partial charge < -0.3 is 10.4 Å². The van der Waals surface area contributed by atoms with Crippen LogP contribution in [-0.4, -0.2) is 23.8 Å². The number of benzene rings is 2. The van der Waals surface area contributed by atoms with E-state index in [1.807, 2.05) is 0 Å². The number of carbonyl (C=O) groups is 1. The SMILES string of the molecule is O=C(CNc1ccc(Cl)cc1)N/N=C/c1cc(Cl)ccc1O. The van der Waals surface area contributed by atoms with Gasteiger partial charge in [-0.15, -0.1) is 0 Å². The van der Waals surface area contributed by atoms with Crippen molar-refractivity contribution in [3.05, 3.63) is 58.1 Å². The van der Waals surface area contributed by atoms with Gasteiger partial charge >= 0.3 is 0 Å². The molecular weight excluding hydrogens is 325 g/mol. The number of phenols is 1. The van der Waals surface area contributed by atoms with Crippen LogP contribution in [0, 0.1) is 0 Å². The highest BCUT2D eigenvalue weighted by Crippen LogP contribution is 2.19. The second kappa shape index (κ2) is 7.68. The molecular formula is C15H13Cl2N3O2. The maximum absolute atomic E-state index is 11.6. The van der Waals surface area contributed by atoms with Crippen molar-refractivity contribution in [3.8, 4) is 5.75 Å². The third kappa shape index (κ3) is 4.95. The zero-order chi connectivity index (χ0) is 15.9. The molecule has 0 saturated carbocycles. The lowest BCUT2D eigenvalue weighted by Gasteiger charge is -2.05. The van der Waals surface area contributed by atoms with Gasteiger partial charge in [0.15, 0.2) is 0 Å². The number of rotatable bonds is 5. The summed E-state index contributed by atoms with van der Waals surface area (Å²) in [5.41, 5.74) is 3.54. The highest BCUT2D eigenvalue weighted by atomic mass is 35.5. The summed E-state index contributed by atoms with van der Waals surface area (Å²) in [6.07, 6.45) is 1.32. The second-order valence-electron chi connectivity index (χ2n) is 4.36. The van der Waals surface area contributed by atoms with Crippen LogP contribution in [0.25, 0.3) is 0 Å². The maximum atomic E-state index is 11.6. The van der Waals surface area contributed by atoms with Crippen LogP contribution in [0.15, 0.2) is 47.6 Å². The van der Waals surface area contributed by atoms with E-state index < -0.39 is 0 Å². The fraction of sp³-hybridized carbons (Fsp3) is 0.0667. The van der Waals surface area contributed by atoms with Crippen molar-refractivity contribution in [2.75, 3.05) is 11.9 Å². The number of amides is 1. The Morgan fingerprint density at radius 3 is 2.55 bits per heavy atom. The molecule has 0 aliphatic heterocycles. The van der Waals surface area contributed by atoms with Gasteiger partial charge in [-0.2, -0.15) is 5.10 Å². The number of hydrogen-bond acceptors (Lipinski definition) is 4. The summed E-state index contributed by atoms with van der Waals surface area (Å²) in [5.74, 6) is -0.297. The first-order valence-corrected chi connectivity index (χ1v) is 7.10. The van der Waals surface area contributed by atoms with Crippen LogP contribution >= 0.6 is 23.2 Å². The van der Waals surface area contributed by atoms with Crippen molar-refractivity contribution in [1.29, 1.82) is 0 Å². The van der Waals surface area contributed by atoms with Gasteiger partial charge in [-0.3, -0.25) is 4.79 Å². The summed E-state index contributed by atoms with van der Waals surface area (Å²) in [6, 6.07) is 11.5. The molecule has 0 unspecified atom stereocenters. The van der Waals surface area contributed by atoms with E-state index in [9.17, 15) is 9.90 Å². The first kappa shape index (κ1) is 16.1. The largest absolute Gasteiger partial charge is 0.507 e. The van der Waals surface area contributed by atoms with Crippen LogP contribution in [0.4, 0.5) is 5.69 Å². The highest BCUT2D eigenvalue weighted by Gasteiger charge is 2.01. The Balaban J connectivity index is 1.83. The molecule has 0 aromatic heterocycles. The first-order valence-electron chi connectivity index (χ1n) is 6.34. The van der Waals surface area contributed by atoms with Crippen LogP contribution < -0.4 is 10.7 Å². The van der Waals surface area contributed by atoms with Crippen LogP contribution in [-0.2, 0) is 4.79 Å². The lowest BCUT2D eigenvalue weighted by atomic mass is 10.2. The molecule has 0 saturated heterocycles. The van der Waals surface area contributed by atoms with Crippen molar-refractivity contribution >= 4 is 41.0 Å².